The minimum atomic E-state index is -0.159. The van der Waals surface area contributed by atoms with Crippen molar-refractivity contribution < 1.29 is 9.53 Å². The molecule has 0 N–H and O–H groups in total. The van der Waals surface area contributed by atoms with Crippen LogP contribution in [0.4, 0.5) is 0 Å². The van der Waals surface area contributed by atoms with Gasteiger partial charge in [-0.2, -0.15) is 4.68 Å². The summed E-state index contributed by atoms with van der Waals surface area (Å²) in [5.74, 6) is 1.23. The third kappa shape index (κ3) is 3.09. The second-order valence-electron chi connectivity index (χ2n) is 6.09. The van der Waals surface area contributed by atoms with Crippen LogP contribution in [0.5, 0.6) is 0 Å². The van der Waals surface area contributed by atoms with Gasteiger partial charge in [0.15, 0.2) is 11.6 Å². The van der Waals surface area contributed by atoms with Crippen LogP contribution in [0.15, 0.2) is 48.7 Å². The number of hydrogen-bond acceptors (Lipinski definition) is 5. The van der Waals surface area contributed by atoms with Crippen LogP contribution in [0.2, 0.25) is 0 Å². The van der Waals surface area contributed by atoms with Crippen LogP contribution in [0, 0.1) is 6.92 Å². The number of nitrogens with zero attached hydrogens (tertiary/aromatic N) is 5. The number of pyridine rings is 1. The summed E-state index contributed by atoms with van der Waals surface area (Å²) in [5.41, 5.74) is 1.78. The van der Waals surface area contributed by atoms with Gasteiger partial charge in [-0.1, -0.05) is 36.4 Å². The van der Waals surface area contributed by atoms with Gasteiger partial charge in [0.2, 0.25) is 5.82 Å². The van der Waals surface area contributed by atoms with E-state index in [1.807, 2.05) is 49.4 Å². The van der Waals surface area contributed by atoms with Crippen LogP contribution in [0.1, 0.15) is 16.2 Å². The molecule has 1 saturated heterocycles. The number of rotatable bonds is 3. The molecule has 0 spiro atoms. The molecule has 0 aliphatic carbocycles. The van der Waals surface area contributed by atoms with Gasteiger partial charge in [-0.05, 0) is 18.6 Å². The van der Waals surface area contributed by atoms with Gasteiger partial charge in [0.1, 0.15) is 0 Å². The predicted octanol–water partition coefficient (Wildman–Crippen LogP) is 2.11. The van der Waals surface area contributed by atoms with Crippen LogP contribution < -0.4 is 0 Å². The minimum Gasteiger partial charge on any atom is -0.378 e. The molecular weight excluding hydrogens is 330 g/mol. The Morgan fingerprint density at radius 1 is 1.08 bits per heavy atom. The molecule has 26 heavy (non-hydrogen) atoms. The van der Waals surface area contributed by atoms with Crippen molar-refractivity contribution in [3.63, 3.8) is 0 Å². The Morgan fingerprint density at radius 2 is 1.85 bits per heavy atom. The number of carbonyl (C=O) groups excluding carboxylic acids is 1. The molecular formula is C19H19N5O2. The SMILES string of the molecule is Cc1cccnc1-n1nc(-c2ccccc2)nc1C(=O)N1CCOCC1. The summed E-state index contributed by atoms with van der Waals surface area (Å²) in [6.45, 7) is 4.11. The Labute approximate surface area is 151 Å². The van der Waals surface area contributed by atoms with Crippen LogP contribution in [0.3, 0.4) is 0 Å². The van der Waals surface area contributed by atoms with E-state index in [0.717, 1.165) is 11.1 Å². The molecule has 0 atom stereocenters. The molecule has 7 heteroatoms. The number of ether oxygens (including phenoxy) is 1. The van der Waals surface area contributed by atoms with Crippen molar-refractivity contribution in [3.8, 4) is 17.2 Å². The lowest BCUT2D eigenvalue weighted by Gasteiger charge is -2.26. The molecule has 7 nitrogen and oxygen atoms in total. The molecule has 4 rings (SSSR count). The molecule has 1 amide bonds. The summed E-state index contributed by atoms with van der Waals surface area (Å²) in [7, 11) is 0. The Hall–Kier alpha value is -3.06. The Morgan fingerprint density at radius 3 is 2.58 bits per heavy atom. The van der Waals surface area contributed by atoms with Crippen molar-refractivity contribution in [1.29, 1.82) is 0 Å². The molecule has 2 aromatic heterocycles. The van der Waals surface area contributed by atoms with Gasteiger partial charge in [0.25, 0.3) is 5.91 Å². The second-order valence-corrected chi connectivity index (χ2v) is 6.09. The largest absolute Gasteiger partial charge is 0.378 e. The average Bonchev–Trinajstić information content (AvgIpc) is 3.14. The van der Waals surface area contributed by atoms with Gasteiger partial charge in [-0.15, -0.1) is 5.10 Å². The van der Waals surface area contributed by atoms with Crippen molar-refractivity contribution in [2.75, 3.05) is 26.3 Å². The van der Waals surface area contributed by atoms with E-state index < -0.39 is 0 Å². The maximum absolute atomic E-state index is 13.1. The maximum Gasteiger partial charge on any atom is 0.292 e. The van der Waals surface area contributed by atoms with Crippen molar-refractivity contribution in [1.82, 2.24) is 24.6 Å². The molecule has 132 valence electrons. The fourth-order valence-electron chi connectivity index (χ4n) is 2.91. The van der Waals surface area contributed by atoms with E-state index in [1.54, 1.807) is 15.8 Å². The number of morpholine rings is 1. The predicted molar refractivity (Wildman–Crippen MR) is 96.0 cm³/mol. The summed E-state index contributed by atoms with van der Waals surface area (Å²) in [4.78, 5) is 23.8. The normalized spacial score (nSPS) is 14.4. The van der Waals surface area contributed by atoms with E-state index >= 15 is 0 Å². The first kappa shape index (κ1) is 16.4. The zero-order valence-electron chi connectivity index (χ0n) is 14.5. The van der Waals surface area contributed by atoms with Crippen LogP contribution in [0.25, 0.3) is 17.2 Å². The zero-order valence-corrected chi connectivity index (χ0v) is 14.5. The Balaban J connectivity index is 1.81. The van der Waals surface area contributed by atoms with Crippen LogP contribution in [-0.2, 0) is 4.74 Å². The highest BCUT2D eigenvalue weighted by atomic mass is 16.5. The molecule has 3 heterocycles. The number of aryl methyl sites for hydroxylation is 1. The van der Waals surface area contributed by atoms with E-state index in [0.29, 0.717) is 37.9 Å². The zero-order chi connectivity index (χ0) is 17.9. The molecule has 0 radical (unpaired) electrons. The molecule has 1 aromatic carbocycles. The third-order valence-corrected chi connectivity index (χ3v) is 4.31. The number of hydrogen-bond donors (Lipinski definition) is 0. The first-order valence-corrected chi connectivity index (χ1v) is 8.55. The summed E-state index contributed by atoms with van der Waals surface area (Å²) in [6, 6.07) is 13.4. The standard InChI is InChI=1S/C19H19N5O2/c1-14-6-5-9-20-17(14)24-18(19(25)23-10-12-26-13-11-23)21-16(22-24)15-7-3-2-4-8-15/h2-9H,10-13H2,1H3. The monoisotopic (exact) mass is 349 g/mol. The molecule has 1 fully saturated rings. The highest BCUT2D eigenvalue weighted by Gasteiger charge is 2.26. The van der Waals surface area contributed by atoms with Gasteiger partial charge in [0.05, 0.1) is 13.2 Å². The smallest absolute Gasteiger partial charge is 0.292 e. The number of benzene rings is 1. The van der Waals surface area contributed by atoms with Gasteiger partial charge >= 0.3 is 0 Å². The number of carbonyl (C=O) groups is 1. The highest BCUT2D eigenvalue weighted by molar-refractivity contribution is 5.92. The van der Waals surface area contributed by atoms with E-state index in [2.05, 4.69) is 15.1 Å². The topological polar surface area (TPSA) is 73.1 Å². The van der Waals surface area contributed by atoms with Crippen molar-refractivity contribution >= 4 is 5.91 Å². The van der Waals surface area contributed by atoms with Gasteiger partial charge in [-0.25, -0.2) is 9.97 Å². The molecule has 0 bridgehead atoms. The van der Waals surface area contributed by atoms with E-state index in [1.165, 1.54) is 0 Å². The molecule has 3 aromatic rings. The second kappa shape index (κ2) is 7.05. The molecule has 1 aliphatic rings. The van der Waals surface area contributed by atoms with Gasteiger partial charge in [0, 0.05) is 24.8 Å². The number of amides is 1. The lowest BCUT2D eigenvalue weighted by Crippen LogP contribution is -2.41. The summed E-state index contributed by atoms with van der Waals surface area (Å²) in [5, 5.41) is 4.59. The van der Waals surface area contributed by atoms with E-state index in [-0.39, 0.29) is 11.7 Å². The molecule has 0 saturated carbocycles. The first-order chi connectivity index (χ1) is 12.7. The summed E-state index contributed by atoms with van der Waals surface area (Å²) >= 11 is 0. The van der Waals surface area contributed by atoms with E-state index in [4.69, 9.17) is 4.74 Å². The lowest BCUT2D eigenvalue weighted by atomic mass is 10.2. The third-order valence-electron chi connectivity index (χ3n) is 4.31. The minimum absolute atomic E-state index is 0.159. The van der Waals surface area contributed by atoms with Gasteiger partial charge in [-0.3, -0.25) is 4.79 Å². The lowest BCUT2D eigenvalue weighted by molar-refractivity contribution is 0.0293. The Bertz CT molecular complexity index is 917. The maximum atomic E-state index is 13.1. The first-order valence-electron chi connectivity index (χ1n) is 8.55. The van der Waals surface area contributed by atoms with Gasteiger partial charge < -0.3 is 9.64 Å². The molecule has 0 unspecified atom stereocenters. The average molecular weight is 349 g/mol. The highest BCUT2D eigenvalue weighted by Crippen LogP contribution is 2.20. The van der Waals surface area contributed by atoms with Crippen LogP contribution in [-0.4, -0.2) is 56.9 Å². The summed E-state index contributed by atoms with van der Waals surface area (Å²) < 4.78 is 6.90. The fraction of sp³-hybridized carbons (Fsp3) is 0.263. The Kier molecular flexibility index (Phi) is 4.45. The molecule has 1 aliphatic heterocycles. The van der Waals surface area contributed by atoms with E-state index in [9.17, 15) is 4.79 Å². The fourth-order valence-corrected chi connectivity index (χ4v) is 2.91. The summed E-state index contributed by atoms with van der Waals surface area (Å²) in [6.07, 6.45) is 1.69. The van der Waals surface area contributed by atoms with Crippen molar-refractivity contribution in [3.05, 3.63) is 60.0 Å². The van der Waals surface area contributed by atoms with Crippen molar-refractivity contribution in [2.45, 2.75) is 6.92 Å². The quantitative estimate of drug-likeness (QED) is 0.724. The van der Waals surface area contributed by atoms with Crippen LogP contribution >= 0.6 is 0 Å². The van der Waals surface area contributed by atoms with Crippen molar-refractivity contribution in [2.24, 2.45) is 0 Å². The number of aromatic nitrogens is 4.